The molecule has 0 bridgehead atoms. The van der Waals surface area contributed by atoms with Crippen molar-refractivity contribution in [2.45, 2.75) is 19.4 Å². The molecule has 0 radical (unpaired) electrons. The highest BCUT2D eigenvalue weighted by Crippen LogP contribution is 2.27. The molecule has 0 amide bonds. The average molecular weight is 307 g/mol. The van der Waals surface area contributed by atoms with E-state index in [1.165, 1.54) is 0 Å². The lowest BCUT2D eigenvalue weighted by Gasteiger charge is -2.19. The lowest BCUT2D eigenvalue weighted by atomic mass is 10.2. The van der Waals surface area contributed by atoms with Gasteiger partial charge in [-0.05, 0) is 37.7 Å². The topological polar surface area (TPSA) is 38.5 Å². The molecule has 1 aromatic heterocycles. The van der Waals surface area contributed by atoms with Gasteiger partial charge in [0, 0.05) is 31.0 Å². The first-order chi connectivity index (χ1) is 10.3. The zero-order chi connectivity index (χ0) is 14.7. The summed E-state index contributed by atoms with van der Waals surface area (Å²) in [6, 6.07) is 7.85. The zero-order valence-electron chi connectivity index (χ0n) is 12.1. The number of ether oxygens (including phenoxy) is 1. The SMILES string of the molecule is CN1CCc2oc(-c3ccc(OCCCCl)cc3)nc2C1. The molecule has 0 saturated heterocycles. The van der Waals surface area contributed by atoms with Gasteiger partial charge in [-0.15, -0.1) is 11.6 Å². The van der Waals surface area contributed by atoms with E-state index in [-0.39, 0.29) is 0 Å². The molecule has 1 aliphatic heterocycles. The molecule has 1 aliphatic rings. The fourth-order valence-electron chi connectivity index (χ4n) is 2.39. The van der Waals surface area contributed by atoms with Gasteiger partial charge in [-0.3, -0.25) is 4.90 Å². The van der Waals surface area contributed by atoms with Crippen LogP contribution in [0.1, 0.15) is 17.9 Å². The Labute approximate surface area is 129 Å². The molecule has 0 atom stereocenters. The van der Waals surface area contributed by atoms with E-state index in [0.717, 1.165) is 48.7 Å². The van der Waals surface area contributed by atoms with E-state index < -0.39 is 0 Å². The monoisotopic (exact) mass is 306 g/mol. The molecule has 2 heterocycles. The van der Waals surface area contributed by atoms with Crippen LogP contribution in [0.4, 0.5) is 0 Å². The minimum absolute atomic E-state index is 0.619. The molecule has 2 aromatic rings. The summed E-state index contributed by atoms with van der Waals surface area (Å²) in [4.78, 5) is 6.86. The van der Waals surface area contributed by atoms with E-state index in [4.69, 9.17) is 20.8 Å². The van der Waals surface area contributed by atoms with Crippen molar-refractivity contribution in [1.82, 2.24) is 9.88 Å². The molecule has 0 fully saturated rings. The number of benzene rings is 1. The van der Waals surface area contributed by atoms with Crippen molar-refractivity contribution in [3.8, 4) is 17.2 Å². The first kappa shape index (κ1) is 14.4. The predicted octanol–water partition coefficient (Wildman–Crippen LogP) is 3.34. The number of fused-ring (bicyclic) bond motifs is 1. The predicted molar refractivity (Wildman–Crippen MR) is 82.8 cm³/mol. The number of hydrogen-bond donors (Lipinski definition) is 0. The number of likely N-dealkylation sites (N-methyl/N-ethyl adjacent to an activating group) is 1. The Morgan fingerprint density at radius 2 is 2.14 bits per heavy atom. The molecule has 1 aromatic carbocycles. The molecular formula is C16H19ClN2O2. The smallest absolute Gasteiger partial charge is 0.226 e. The Hall–Kier alpha value is -1.52. The lowest BCUT2D eigenvalue weighted by molar-refractivity contribution is 0.292. The van der Waals surface area contributed by atoms with Crippen LogP contribution < -0.4 is 4.74 Å². The second-order valence-electron chi connectivity index (χ2n) is 5.29. The Kier molecular flexibility index (Phi) is 4.46. The number of oxazole rings is 1. The quantitative estimate of drug-likeness (QED) is 0.627. The summed E-state index contributed by atoms with van der Waals surface area (Å²) in [7, 11) is 2.10. The van der Waals surface area contributed by atoms with Crippen molar-refractivity contribution < 1.29 is 9.15 Å². The van der Waals surface area contributed by atoms with Gasteiger partial charge in [-0.25, -0.2) is 4.98 Å². The van der Waals surface area contributed by atoms with Crippen LogP contribution in [0.15, 0.2) is 28.7 Å². The molecule has 0 saturated carbocycles. The summed E-state index contributed by atoms with van der Waals surface area (Å²) in [6.45, 7) is 2.52. The largest absolute Gasteiger partial charge is 0.494 e. The molecular weight excluding hydrogens is 288 g/mol. The highest BCUT2D eigenvalue weighted by molar-refractivity contribution is 6.17. The van der Waals surface area contributed by atoms with Crippen molar-refractivity contribution in [1.29, 1.82) is 0 Å². The third-order valence-corrected chi connectivity index (χ3v) is 3.83. The van der Waals surface area contributed by atoms with Crippen molar-refractivity contribution in [3.05, 3.63) is 35.7 Å². The highest BCUT2D eigenvalue weighted by Gasteiger charge is 2.20. The van der Waals surface area contributed by atoms with Gasteiger partial charge >= 0.3 is 0 Å². The Morgan fingerprint density at radius 1 is 1.33 bits per heavy atom. The first-order valence-electron chi connectivity index (χ1n) is 7.22. The highest BCUT2D eigenvalue weighted by atomic mass is 35.5. The van der Waals surface area contributed by atoms with Gasteiger partial charge in [0.1, 0.15) is 11.5 Å². The summed E-state index contributed by atoms with van der Waals surface area (Å²) < 4.78 is 11.5. The molecule has 5 heteroatoms. The number of halogens is 1. The molecule has 0 N–H and O–H groups in total. The van der Waals surface area contributed by atoms with Crippen LogP contribution in [0, 0.1) is 0 Å². The Morgan fingerprint density at radius 3 is 2.90 bits per heavy atom. The third kappa shape index (κ3) is 3.39. The van der Waals surface area contributed by atoms with Crippen LogP contribution in [0.25, 0.3) is 11.5 Å². The van der Waals surface area contributed by atoms with Gasteiger partial charge in [0.2, 0.25) is 5.89 Å². The van der Waals surface area contributed by atoms with Gasteiger partial charge in [0.25, 0.3) is 0 Å². The summed E-state index contributed by atoms with van der Waals surface area (Å²) in [5, 5.41) is 0. The molecule has 4 nitrogen and oxygen atoms in total. The molecule has 112 valence electrons. The van der Waals surface area contributed by atoms with Crippen LogP contribution in [-0.2, 0) is 13.0 Å². The number of rotatable bonds is 5. The number of aromatic nitrogens is 1. The van der Waals surface area contributed by atoms with E-state index in [0.29, 0.717) is 18.4 Å². The van der Waals surface area contributed by atoms with E-state index in [1.807, 2.05) is 24.3 Å². The maximum atomic E-state index is 5.88. The van der Waals surface area contributed by atoms with Gasteiger partial charge in [-0.1, -0.05) is 0 Å². The van der Waals surface area contributed by atoms with Gasteiger partial charge in [0.05, 0.1) is 12.3 Å². The molecule has 3 rings (SSSR count). The Balaban J connectivity index is 1.72. The maximum Gasteiger partial charge on any atom is 0.226 e. The summed E-state index contributed by atoms with van der Waals surface area (Å²) in [6.07, 6.45) is 1.78. The fraction of sp³-hybridized carbons (Fsp3) is 0.438. The minimum atomic E-state index is 0.619. The minimum Gasteiger partial charge on any atom is -0.494 e. The van der Waals surface area contributed by atoms with Crippen LogP contribution >= 0.6 is 11.6 Å². The van der Waals surface area contributed by atoms with Crippen molar-refractivity contribution in [2.24, 2.45) is 0 Å². The molecule has 21 heavy (non-hydrogen) atoms. The van der Waals surface area contributed by atoms with Crippen molar-refractivity contribution in [3.63, 3.8) is 0 Å². The number of nitrogens with zero attached hydrogens (tertiary/aromatic N) is 2. The zero-order valence-corrected chi connectivity index (χ0v) is 12.9. The van der Waals surface area contributed by atoms with E-state index in [9.17, 15) is 0 Å². The van der Waals surface area contributed by atoms with Crippen LogP contribution in [0.2, 0.25) is 0 Å². The molecule has 0 aliphatic carbocycles. The number of alkyl halides is 1. The summed E-state index contributed by atoms with van der Waals surface area (Å²) in [5.74, 6) is 3.18. The van der Waals surface area contributed by atoms with Crippen molar-refractivity contribution in [2.75, 3.05) is 26.1 Å². The molecule has 0 unspecified atom stereocenters. The van der Waals surface area contributed by atoms with Crippen LogP contribution in [0.3, 0.4) is 0 Å². The Bertz CT molecular complexity index is 595. The van der Waals surface area contributed by atoms with E-state index in [1.54, 1.807) is 0 Å². The maximum absolute atomic E-state index is 5.88. The van der Waals surface area contributed by atoms with Gasteiger partial charge in [-0.2, -0.15) is 0 Å². The summed E-state index contributed by atoms with van der Waals surface area (Å²) >= 11 is 5.63. The van der Waals surface area contributed by atoms with Crippen molar-refractivity contribution >= 4 is 11.6 Å². The van der Waals surface area contributed by atoms with E-state index >= 15 is 0 Å². The fourth-order valence-corrected chi connectivity index (χ4v) is 2.50. The summed E-state index contributed by atoms with van der Waals surface area (Å²) in [5.41, 5.74) is 2.04. The van der Waals surface area contributed by atoms with Gasteiger partial charge in [0.15, 0.2) is 0 Å². The van der Waals surface area contributed by atoms with Crippen LogP contribution in [0.5, 0.6) is 5.75 Å². The second kappa shape index (κ2) is 6.50. The third-order valence-electron chi connectivity index (χ3n) is 3.57. The normalized spacial score (nSPS) is 15.0. The number of hydrogen-bond acceptors (Lipinski definition) is 4. The van der Waals surface area contributed by atoms with Crippen LogP contribution in [-0.4, -0.2) is 36.0 Å². The standard InChI is InChI=1S/C16H19ClN2O2/c1-19-9-7-15-14(11-19)18-16(21-15)12-3-5-13(6-4-12)20-10-2-8-17/h3-6H,2,7-11H2,1H3. The van der Waals surface area contributed by atoms with E-state index in [2.05, 4.69) is 16.9 Å². The lowest BCUT2D eigenvalue weighted by Crippen LogP contribution is -2.25. The first-order valence-corrected chi connectivity index (χ1v) is 7.76. The van der Waals surface area contributed by atoms with Gasteiger partial charge < -0.3 is 9.15 Å². The molecule has 0 spiro atoms. The second-order valence-corrected chi connectivity index (χ2v) is 5.67. The average Bonchev–Trinajstić information content (AvgIpc) is 2.91.